The van der Waals surface area contributed by atoms with Crippen LogP contribution < -0.4 is 10.5 Å². The number of nitrogen functional groups attached to an aromatic ring is 1. The first-order valence-electron chi connectivity index (χ1n) is 9.84. The number of alkyl halides is 3. The Hall–Kier alpha value is -2.69. The van der Waals surface area contributed by atoms with Crippen LogP contribution in [0.5, 0.6) is 5.75 Å². The number of hydrogen-bond donors (Lipinski definition) is 1. The molecule has 1 amide bonds. The Kier molecular flexibility index (Phi) is 7.63. The van der Waals surface area contributed by atoms with Crippen LogP contribution in [0.2, 0.25) is 0 Å². The minimum atomic E-state index is -4.92. The van der Waals surface area contributed by atoms with E-state index in [9.17, 15) is 22.8 Å². The third kappa shape index (κ3) is 7.50. The summed E-state index contributed by atoms with van der Waals surface area (Å²) in [5, 5.41) is 0. The van der Waals surface area contributed by atoms with Gasteiger partial charge in [-0.15, -0.1) is 13.2 Å². The van der Waals surface area contributed by atoms with Crippen molar-refractivity contribution in [2.75, 3.05) is 38.5 Å². The number of rotatable bonds is 5. The van der Waals surface area contributed by atoms with Crippen LogP contribution in [0.25, 0.3) is 0 Å². The van der Waals surface area contributed by atoms with E-state index in [1.165, 1.54) is 0 Å². The molecule has 1 saturated heterocycles. The van der Waals surface area contributed by atoms with Crippen molar-refractivity contribution in [3.63, 3.8) is 0 Å². The van der Waals surface area contributed by atoms with Gasteiger partial charge in [0.25, 0.3) is 0 Å². The SMILES string of the molecule is CCOC(=O)c1cc(OC(F)(F)F)cc(CN2CCN(C(=O)OC(C)(C)C)CC2)c1N. The van der Waals surface area contributed by atoms with Crippen molar-refractivity contribution in [2.24, 2.45) is 0 Å². The molecule has 31 heavy (non-hydrogen) atoms. The summed E-state index contributed by atoms with van der Waals surface area (Å²) in [7, 11) is 0. The zero-order chi connectivity index (χ0) is 23.4. The van der Waals surface area contributed by atoms with Gasteiger partial charge in [-0.3, -0.25) is 4.90 Å². The fourth-order valence-corrected chi connectivity index (χ4v) is 3.04. The lowest BCUT2D eigenvalue weighted by Gasteiger charge is -2.35. The summed E-state index contributed by atoms with van der Waals surface area (Å²) in [4.78, 5) is 27.8. The van der Waals surface area contributed by atoms with E-state index >= 15 is 0 Å². The Morgan fingerprint density at radius 3 is 2.23 bits per heavy atom. The van der Waals surface area contributed by atoms with Crippen LogP contribution in [-0.2, 0) is 16.0 Å². The Morgan fingerprint density at radius 2 is 1.71 bits per heavy atom. The molecule has 0 radical (unpaired) electrons. The van der Waals surface area contributed by atoms with Crippen molar-refractivity contribution >= 4 is 17.7 Å². The molecular weight excluding hydrogens is 419 g/mol. The summed E-state index contributed by atoms with van der Waals surface area (Å²) in [5.41, 5.74) is 5.60. The van der Waals surface area contributed by atoms with Gasteiger partial charge in [-0.2, -0.15) is 0 Å². The number of benzene rings is 1. The molecule has 11 heteroatoms. The van der Waals surface area contributed by atoms with Crippen molar-refractivity contribution in [3.8, 4) is 5.75 Å². The minimum absolute atomic E-state index is 0.0301. The second-order valence-electron chi connectivity index (χ2n) is 8.06. The van der Waals surface area contributed by atoms with Crippen LogP contribution in [0, 0.1) is 0 Å². The molecule has 0 aliphatic carbocycles. The third-order valence-electron chi connectivity index (χ3n) is 4.39. The number of carbonyl (C=O) groups is 2. The fourth-order valence-electron chi connectivity index (χ4n) is 3.04. The van der Waals surface area contributed by atoms with Gasteiger partial charge in [-0.1, -0.05) is 0 Å². The molecule has 1 aliphatic heterocycles. The molecule has 0 unspecified atom stereocenters. The highest BCUT2D eigenvalue weighted by molar-refractivity contribution is 5.96. The number of halogens is 3. The number of esters is 1. The van der Waals surface area contributed by atoms with Crippen LogP contribution in [0.3, 0.4) is 0 Å². The Morgan fingerprint density at radius 1 is 1.10 bits per heavy atom. The zero-order valence-corrected chi connectivity index (χ0v) is 18.0. The Bertz CT molecular complexity index is 800. The summed E-state index contributed by atoms with van der Waals surface area (Å²) >= 11 is 0. The van der Waals surface area contributed by atoms with Gasteiger partial charge in [-0.05, 0) is 45.4 Å². The van der Waals surface area contributed by atoms with E-state index < -0.39 is 29.8 Å². The summed E-state index contributed by atoms with van der Waals surface area (Å²) < 4.78 is 52.4. The van der Waals surface area contributed by atoms with Crippen molar-refractivity contribution < 1.29 is 37.0 Å². The second-order valence-corrected chi connectivity index (χ2v) is 8.06. The van der Waals surface area contributed by atoms with Gasteiger partial charge in [0.15, 0.2) is 0 Å². The van der Waals surface area contributed by atoms with E-state index in [4.69, 9.17) is 15.2 Å². The van der Waals surface area contributed by atoms with Gasteiger partial charge >= 0.3 is 18.4 Å². The lowest BCUT2D eigenvalue weighted by Crippen LogP contribution is -2.49. The van der Waals surface area contributed by atoms with Crippen molar-refractivity contribution in [1.29, 1.82) is 0 Å². The van der Waals surface area contributed by atoms with Gasteiger partial charge in [0.1, 0.15) is 11.4 Å². The minimum Gasteiger partial charge on any atom is -0.462 e. The molecule has 174 valence electrons. The van der Waals surface area contributed by atoms with Gasteiger partial charge in [0, 0.05) is 32.7 Å². The lowest BCUT2D eigenvalue weighted by atomic mass is 10.1. The number of anilines is 1. The second kappa shape index (κ2) is 9.63. The van der Waals surface area contributed by atoms with E-state index in [0.717, 1.165) is 12.1 Å². The molecule has 0 aromatic heterocycles. The predicted molar refractivity (Wildman–Crippen MR) is 107 cm³/mol. The maximum Gasteiger partial charge on any atom is 0.573 e. The molecule has 2 rings (SSSR count). The molecule has 1 fully saturated rings. The molecular formula is C20H28F3N3O5. The molecule has 0 bridgehead atoms. The first-order chi connectivity index (χ1) is 14.3. The molecule has 0 saturated carbocycles. The third-order valence-corrected chi connectivity index (χ3v) is 4.39. The molecule has 1 aromatic carbocycles. The summed E-state index contributed by atoms with van der Waals surface area (Å²) in [5.74, 6) is -1.38. The first-order valence-corrected chi connectivity index (χ1v) is 9.84. The number of nitrogens with zero attached hydrogens (tertiary/aromatic N) is 2. The molecule has 2 N–H and O–H groups in total. The molecule has 8 nitrogen and oxygen atoms in total. The van der Waals surface area contributed by atoms with E-state index in [0.29, 0.717) is 31.7 Å². The maximum atomic E-state index is 12.7. The van der Waals surface area contributed by atoms with Crippen LogP contribution in [0.1, 0.15) is 43.6 Å². The normalized spacial score (nSPS) is 15.5. The largest absolute Gasteiger partial charge is 0.573 e. The van der Waals surface area contributed by atoms with E-state index in [1.807, 2.05) is 4.90 Å². The van der Waals surface area contributed by atoms with Gasteiger partial charge in [-0.25, -0.2) is 9.59 Å². The molecule has 0 spiro atoms. The fraction of sp³-hybridized carbons (Fsp3) is 0.600. The van der Waals surface area contributed by atoms with Gasteiger partial charge in [0.2, 0.25) is 0 Å². The van der Waals surface area contributed by atoms with Gasteiger partial charge in [0.05, 0.1) is 17.9 Å². The summed E-state index contributed by atoms with van der Waals surface area (Å²) in [6.07, 6.45) is -5.34. The quantitative estimate of drug-likeness (QED) is 0.546. The van der Waals surface area contributed by atoms with E-state index in [1.54, 1.807) is 32.6 Å². The lowest BCUT2D eigenvalue weighted by molar-refractivity contribution is -0.274. The topological polar surface area (TPSA) is 94.3 Å². The van der Waals surface area contributed by atoms with Crippen LogP contribution >= 0.6 is 0 Å². The Labute approximate surface area is 179 Å². The first kappa shape index (κ1) is 24.6. The number of hydrogen-bond acceptors (Lipinski definition) is 7. The maximum absolute atomic E-state index is 12.7. The number of nitrogens with two attached hydrogens (primary N) is 1. The van der Waals surface area contributed by atoms with Crippen molar-refractivity contribution in [3.05, 3.63) is 23.3 Å². The van der Waals surface area contributed by atoms with Crippen LogP contribution in [0.4, 0.5) is 23.7 Å². The number of amides is 1. The van der Waals surface area contributed by atoms with E-state index in [-0.39, 0.29) is 24.4 Å². The highest BCUT2D eigenvalue weighted by Gasteiger charge is 2.32. The van der Waals surface area contributed by atoms with E-state index in [2.05, 4.69) is 4.74 Å². The number of ether oxygens (including phenoxy) is 3. The average molecular weight is 447 g/mol. The van der Waals surface area contributed by atoms with Crippen LogP contribution in [-0.4, -0.2) is 66.6 Å². The number of piperazine rings is 1. The molecule has 1 heterocycles. The number of carbonyl (C=O) groups excluding carboxylic acids is 2. The predicted octanol–water partition coefficient (Wildman–Crippen LogP) is 3.40. The summed E-state index contributed by atoms with van der Waals surface area (Å²) in [6, 6.07) is 2.08. The molecule has 0 atom stereocenters. The monoisotopic (exact) mass is 447 g/mol. The standard InChI is InChI=1S/C20H28F3N3O5/c1-5-29-17(27)15-11-14(30-20(21,22)23)10-13(16(15)24)12-25-6-8-26(9-7-25)18(28)31-19(2,3)4/h10-11H,5-9,12,24H2,1-4H3. The highest BCUT2D eigenvalue weighted by Crippen LogP contribution is 2.31. The van der Waals surface area contributed by atoms with Crippen molar-refractivity contribution in [1.82, 2.24) is 9.80 Å². The molecule has 1 aliphatic rings. The average Bonchev–Trinajstić information content (AvgIpc) is 2.62. The zero-order valence-electron chi connectivity index (χ0n) is 18.0. The summed E-state index contributed by atoms with van der Waals surface area (Å²) in [6.45, 7) is 8.82. The highest BCUT2D eigenvalue weighted by atomic mass is 19.4. The van der Waals surface area contributed by atoms with Crippen LogP contribution in [0.15, 0.2) is 12.1 Å². The van der Waals surface area contributed by atoms with Crippen molar-refractivity contribution in [2.45, 2.75) is 46.2 Å². The molecule has 1 aromatic rings. The Balaban J connectivity index is 2.15. The van der Waals surface area contributed by atoms with Gasteiger partial charge < -0.3 is 24.8 Å². The smallest absolute Gasteiger partial charge is 0.462 e.